The van der Waals surface area contributed by atoms with Gasteiger partial charge in [0.25, 0.3) is 0 Å². The summed E-state index contributed by atoms with van der Waals surface area (Å²) in [5, 5.41) is 12.2. The smallest absolute Gasteiger partial charge is 0.328 e. The van der Waals surface area contributed by atoms with Gasteiger partial charge in [0.05, 0.1) is 18.1 Å². The van der Waals surface area contributed by atoms with E-state index in [1.54, 1.807) is 18.5 Å². The quantitative estimate of drug-likeness (QED) is 0.725. The van der Waals surface area contributed by atoms with Gasteiger partial charge in [0.2, 0.25) is 0 Å². The molecule has 0 radical (unpaired) electrons. The van der Waals surface area contributed by atoms with Crippen molar-refractivity contribution in [3.8, 4) is 11.3 Å². The number of nitrogens with two attached hydrogens (primary N) is 1. The highest BCUT2D eigenvalue weighted by Gasteiger charge is 2.18. The maximum Gasteiger partial charge on any atom is 0.328 e. The Morgan fingerprint density at radius 2 is 2.04 bits per heavy atom. The molecule has 1 heterocycles. The average molecular weight is 338 g/mol. The Bertz CT molecular complexity index is 768. The molecule has 6 heteroatoms. The van der Waals surface area contributed by atoms with Gasteiger partial charge in [-0.05, 0) is 43.4 Å². The summed E-state index contributed by atoms with van der Waals surface area (Å²) in [6.45, 7) is 0. The summed E-state index contributed by atoms with van der Waals surface area (Å²) in [6.07, 6.45) is 10.3. The number of benzene rings is 1. The van der Waals surface area contributed by atoms with Crippen molar-refractivity contribution in [1.82, 2.24) is 9.97 Å². The first-order valence-corrected chi connectivity index (χ1v) is 8.46. The minimum atomic E-state index is -0.969. The SMILES string of the molecule is NC1CCC(Nc2cncc(-c3cccc(/C=C/C(=O)O)c3)n2)CC1. The van der Waals surface area contributed by atoms with Gasteiger partial charge in [-0.2, -0.15) is 0 Å². The zero-order valence-electron chi connectivity index (χ0n) is 13.9. The average Bonchev–Trinajstić information content (AvgIpc) is 2.62. The first kappa shape index (κ1) is 17.1. The number of hydrogen-bond donors (Lipinski definition) is 3. The lowest BCUT2D eigenvalue weighted by molar-refractivity contribution is -0.131. The molecule has 0 amide bonds. The largest absolute Gasteiger partial charge is 0.478 e. The normalized spacial score (nSPS) is 20.5. The van der Waals surface area contributed by atoms with Crippen molar-refractivity contribution >= 4 is 17.9 Å². The van der Waals surface area contributed by atoms with Gasteiger partial charge in [-0.15, -0.1) is 0 Å². The Morgan fingerprint density at radius 3 is 2.80 bits per heavy atom. The second-order valence-electron chi connectivity index (χ2n) is 6.34. The summed E-state index contributed by atoms with van der Waals surface area (Å²) < 4.78 is 0. The van der Waals surface area contributed by atoms with E-state index >= 15 is 0 Å². The van der Waals surface area contributed by atoms with Gasteiger partial charge in [-0.3, -0.25) is 4.98 Å². The van der Waals surface area contributed by atoms with E-state index in [0.717, 1.165) is 54.4 Å². The van der Waals surface area contributed by atoms with Gasteiger partial charge < -0.3 is 16.2 Å². The number of nitrogens with zero attached hydrogens (tertiary/aromatic N) is 2. The molecule has 1 aliphatic carbocycles. The number of carbonyl (C=O) groups is 1. The number of nitrogens with one attached hydrogen (secondary N) is 1. The molecule has 0 unspecified atom stereocenters. The van der Waals surface area contributed by atoms with Crippen molar-refractivity contribution in [2.24, 2.45) is 5.73 Å². The van der Waals surface area contributed by atoms with E-state index in [2.05, 4.69) is 15.3 Å². The molecule has 4 N–H and O–H groups in total. The van der Waals surface area contributed by atoms with Crippen LogP contribution in [-0.2, 0) is 4.79 Å². The maximum absolute atomic E-state index is 10.7. The van der Waals surface area contributed by atoms with E-state index in [4.69, 9.17) is 10.8 Å². The Morgan fingerprint density at radius 1 is 1.24 bits per heavy atom. The molecule has 130 valence electrons. The third-order valence-electron chi connectivity index (χ3n) is 4.36. The molecule has 25 heavy (non-hydrogen) atoms. The molecular formula is C19H22N4O2. The Hall–Kier alpha value is -2.73. The van der Waals surface area contributed by atoms with E-state index in [-0.39, 0.29) is 0 Å². The lowest BCUT2D eigenvalue weighted by Gasteiger charge is -2.27. The highest BCUT2D eigenvalue weighted by Crippen LogP contribution is 2.23. The number of aromatic nitrogens is 2. The summed E-state index contributed by atoms with van der Waals surface area (Å²) in [6, 6.07) is 8.26. The van der Waals surface area contributed by atoms with Crippen LogP contribution in [0, 0.1) is 0 Å². The van der Waals surface area contributed by atoms with Crippen molar-refractivity contribution in [2.75, 3.05) is 5.32 Å². The molecule has 0 spiro atoms. The van der Waals surface area contributed by atoms with Crippen LogP contribution < -0.4 is 11.1 Å². The Kier molecular flexibility index (Phi) is 5.40. The molecule has 0 atom stereocenters. The number of rotatable bonds is 5. The zero-order valence-corrected chi connectivity index (χ0v) is 13.9. The van der Waals surface area contributed by atoms with E-state index in [9.17, 15) is 4.79 Å². The molecule has 0 aliphatic heterocycles. The monoisotopic (exact) mass is 338 g/mol. The summed E-state index contributed by atoms with van der Waals surface area (Å²) in [5.41, 5.74) is 8.41. The topological polar surface area (TPSA) is 101 Å². The summed E-state index contributed by atoms with van der Waals surface area (Å²) in [4.78, 5) is 19.6. The molecule has 0 bridgehead atoms. The lowest BCUT2D eigenvalue weighted by Crippen LogP contribution is -2.33. The van der Waals surface area contributed by atoms with Gasteiger partial charge in [-0.1, -0.05) is 18.2 Å². The van der Waals surface area contributed by atoms with E-state index in [1.807, 2.05) is 24.3 Å². The fourth-order valence-corrected chi connectivity index (χ4v) is 3.02. The predicted octanol–water partition coefficient (Wildman–Crippen LogP) is 2.92. The number of hydrogen-bond acceptors (Lipinski definition) is 5. The highest BCUT2D eigenvalue weighted by atomic mass is 16.4. The van der Waals surface area contributed by atoms with Crippen LogP contribution in [0.25, 0.3) is 17.3 Å². The molecule has 1 saturated carbocycles. The second-order valence-corrected chi connectivity index (χ2v) is 6.34. The fourth-order valence-electron chi connectivity index (χ4n) is 3.02. The van der Waals surface area contributed by atoms with Gasteiger partial charge in [0, 0.05) is 23.7 Å². The molecule has 1 aliphatic rings. The van der Waals surface area contributed by atoms with Crippen molar-refractivity contribution in [1.29, 1.82) is 0 Å². The third-order valence-corrected chi connectivity index (χ3v) is 4.36. The molecular weight excluding hydrogens is 316 g/mol. The summed E-state index contributed by atoms with van der Waals surface area (Å²) in [5.74, 6) is -0.215. The minimum Gasteiger partial charge on any atom is -0.478 e. The molecule has 2 aromatic rings. The van der Waals surface area contributed by atoms with Crippen LogP contribution >= 0.6 is 0 Å². The van der Waals surface area contributed by atoms with Crippen LogP contribution in [0.3, 0.4) is 0 Å². The van der Waals surface area contributed by atoms with Gasteiger partial charge in [0.1, 0.15) is 5.82 Å². The molecule has 1 aromatic heterocycles. The lowest BCUT2D eigenvalue weighted by atomic mass is 9.92. The number of carboxylic acid groups (broad SMARTS) is 1. The number of aliphatic carboxylic acids is 1. The van der Waals surface area contributed by atoms with Crippen molar-refractivity contribution in [3.63, 3.8) is 0 Å². The number of carboxylic acids is 1. The molecule has 1 fully saturated rings. The highest BCUT2D eigenvalue weighted by molar-refractivity contribution is 5.85. The van der Waals surface area contributed by atoms with Gasteiger partial charge in [-0.25, -0.2) is 9.78 Å². The molecule has 6 nitrogen and oxygen atoms in total. The summed E-state index contributed by atoms with van der Waals surface area (Å²) >= 11 is 0. The maximum atomic E-state index is 10.7. The number of anilines is 1. The van der Waals surface area contributed by atoms with Crippen molar-refractivity contribution in [2.45, 2.75) is 37.8 Å². The Labute approximate surface area is 146 Å². The van der Waals surface area contributed by atoms with Crippen LogP contribution in [0.15, 0.2) is 42.7 Å². The second kappa shape index (κ2) is 7.90. The van der Waals surface area contributed by atoms with Crippen molar-refractivity contribution < 1.29 is 9.90 Å². The van der Waals surface area contributed by atoms with Crippen molar-refractivity contribution in [3.05, 3.63) is 48.3 Å². The zero-order chi connectivity index (χ0) is 17.6. The van der Waals surface area contributed by atoms with E-state index < -0.39 is 5.97 Å². The van der Waals surface area contributed by atoms with Crippen LogP contribution in [0.2, 0.25) is 0 Å². The van der Waals surface area contributed by atoms with Gasteiger partial charge >= 0.3 is 5.97 Å². The predicted molar refractivity (Wildman–Crippen MR) is 98.0 cm³/mol. The van der Waals surface area contributed by atoms with Crippen LogP contribution in [0.1, 0.15) is 31.2 Å². The molecule has 0 saturated heterocycles. The first-order chi connectivity index (χ1) is 12.1. The summed E-state index contributed by atoms with van der Waals surface area (Å²) in [7, 11) is 0. The van der Waals surface area contributed by atoms with Crippen LogP contribution in [-0.4, -0.2) is 33.1 Å². The molecule has 3 rings (SSSR count). The standard InChI is InChI=1S/C19H22N4O2/c20-15-5-7-16(8-6-15)22-18-12-21-11-17(23-18)14-3-1-2-13(10-14)4-9-19(24)25/h1-4,9-12,15-16H,5-8,20H2,(H,22,23)(H,24,25)/b9-4+. The van der Waals surface area contributed by atoms with Crippen LogP contribution in [0.5, 0.6) is 0 Å². The van der Waals surface area contributed by atoms with E-state index in [1.165, 1.54) is 0 Å². The Balaban J connectivity index is 1.75. The van der Waals surface area contributed by atoms with E-state index in [0.29, 0.717) is 12.1 Å². The first-order valence-electron chi connectivity index (χ1n) is 8.46. The fraction of sp³-hybridized carbons (Fsp3) is 0.316. The third kappa shape index (κ3) is 4.87. The minimum absolute atomic E-state index is 0.317. The van der Waals surface area contributed by atoms with Gasteiger partial charge in [0.15, 0.2) is 0 Å². The molecule has 1 aromatic carbocycles. The van der Waals surface area contributed by atoms with Crippen LogP contribution in [0.4, 0.5) is 5.82 Å².